The molecule has 7 aromatic carbocycles. The molecule has 0 radical (unpaired) electrons. The van der Waals surface area contributed by atoms with Gasteiger partial charge in [0.1, 0.15) is 11.2 Å². The maximum atomic E-state index is 9.35. The quantitative estimate of drug-likeness (QED) is 0.183. The number of benzene rings is 7. The first-order chi connectivity index (χ1) is 29.3. The summed E-state index contributed by atoms with van der Waals surface area (Å²) < 4.78 is 104. The first kappa shape index (κ1) is 19.5. The number of fused-ring (bicyclic) bond motifs is 6. The average Bonchev–Trinajstić information content (AvgIpc) is 3.87. The molecule has 0 fully saturated rings. The third-order valence-electron chi connectivity index (χ3n) is 8.56. The summed E-state index contributed by atoms with van der Waals surface area (Å²) in [5.74, 6) is 0.237. The molecule has 10 aromatic rings. The highest BCUT2D eigenvalue weighted by Crippen LogP contribution is 2.40. The van der Waals surface area contributed by atoms with E-state index in [2.05, 4.69) is 0 Å². The predicted octanol–water partition coefficient (Wildman–Crippen LogP) is 12.5. The summed E-state index contributed by atoms with van der Waals surface area (Å²) >= 11 is 0.850. The van der Waals surface area contributed by atoms with Crippen molar-refractivity contribution in [2.45, 2.75) is 0 Å². The van der Waals surface area contributed by atoms with E-state index >= 15 is 0 Å². The van der Waals surface area contributed by atoms with Crippen LogP contribution in [-0.4, -0.2) is 15.0 Å². The minimum Gasteiger partial charge on any atom is -0.456 e. The lowest BCUT2D eigenvalue weighted by Crippen LogP contribution is -2.00. The zero-order chi connectivity index (χ0) is 42.6. The number of aromatic nitrogens is 3. The Morgan fingerprint density at radius 2 is 1.06 bits per heavy atom. The van der Waals surface area contributed by atoms with E-state index in [-0.39, 0.29) is 60.4 Å². The van der Waals surface area contributed by atoms with Crippen LogP contribution in [0.3, 0.4) is 0 Å². The SMILES string of the molecule is [2H]c1c([2H])c(-c2c([2H])c([2H])c([2H])c3c2sc2c([2H])c([2H])c([2H])c([2H])c23)c([2H])c([2H])c1-c1nc(-c2ccc(-c3ccccc3)cc2)nc(-c2ccc3c(c2)oc2ccccc23)n1. The van der Waals surface area contributed by atoms with Gasteiger partial charge in [0.25, 0.3) is 0 Å². The van der Waals surface area contributed by atoms with Gasteiger partial charge in [-0.2, -0.15) is 0 Å². The number of hydrogen-bond donors (Lipinski definition) is 0. The van der Waals surface area contributed by atoms with Gasteiger partial charge in [-0.05, 0) is 46.5 Å². The summed E-state index contributed by atoms with van der Waals surface area (Å²) in [5.41, 5.74) is 3.64. The van der Waals surface area contributed by atoms with Crippen molar-refractivity contribution in [2.75, 3.05) is 0 Å². The zero-order valence-corrected chi connectivity index (χ0v) is 26.7. The molecule has 0 aliphatic heterocycles. The van der Waals surface area contributed by atoms with Crippen LogP contribution in [0.5, 0.6) is 0 Å². The normalized spacial score (nSPS) is 14.7. The van der Waals surface area contributed by atoms with E-state index in [0.29, 0.717) is 22.3 Å². The Morgan fingerprint density at radius 1 is 0.440 bits per heavy atom. The molecule has 3 aromatic heterocycles. The van der Waals surface area contributed by atoms with Crippen molar-refractivity contribution in [1.82, 2.24) is 15.0 Å². The molecule has 0 N–H and O–H groups in total. The van der Waals surface area contributed by atoms with E-state index in [1.165, 1.54) is 0 Å². The average molecular weight is 669 g/mol. The Bertz CT molecular complexity index is 3470. The van der Waals surface area contributed by atoms with Crippen molar-refractivity contribution in [3.8, 4) is 56.4 Å². The molecular weight excluding hydrogens is 631 g/mol. The molecule has 3 heterocycles. The second kappa shape index (κ2) is 11.6. The lowest BCUT2D eigenvalue weighted by atomic mass is 10.0. The van der Waals surface area contributed by atoms with Crippen LogP contribution in [0.2, 0.25) is 0 Å². The highest BCUT2D eigenvalue weighted by Gasteiger charge is 2.16. The van der Waals surface area contributed by atoms with Gasteiger partial charge >= 0.3 is 0 Å². The van der Waals surface area contributed by atoms with Crippen molar-refractivity contribution in [2.24, 2.45) is 0 Å². The second-order valence-corrected chi connectivity index (χ2v) is 12.6. The molecule has 0 bridgehead atoms. The Labute approximate surface area is 307 Å². The predicted molar refractivity (Wildman–Crippen MR) is 207 cm³/mol. The van der Waals surface area contributed by atoms with Crippen LogP contribution in [-0.2, 0) is 0 Å². The molecule has 0 aliphatic rings. The monoisotopic (exact) mass is 668 g/mol. The molecule has 234 valence electrons. The molecule has 0 atom stereocenters. The molecular formula is C45H27N3OS. The number of rotatable bonds is 5. The summed E-state index contributed by atoms with van der Waals surface area (Å²) in [5, 5.41) is 1.77. The van der Waals surface area contributed by atoms with Gasteiger partial charge in [0, 0.05) is 47.6 Å². The van der Waals surface area contributed by atoms with Crippen molar-refractivity contribution in [1.29, 1.82) is 0 Å². The lowest BCUT2D eigenvalue weighted by molar-refractivity contribution is 0.669. The van der Waals surface area contributed by atoms with E-state index < -0.39 is 60.4 Å². The first-order valence-electron chi connectivity index (χ1n) is 21.2. The fourth-order valence-corrected chi connectivity index (χ4v) is 7.18. The fraction of sp³-hybridized carbons (Fsp3) is 0. The Morgan fingerprint density at radius 3 is 1.90 bits per heavy atom. The van der Waals surface area contributed by atoms with Crippen molar-refractivity contribution < 1.29 is 19.5 Å². The van der Waals surface area contributed by atoms with Crippen molar-refractivity contribution in [3.05, 3.63) is 164 Å². The van der Waals surface area contributed by atoms with E-state index in [9.17, 15) is 5.48 Å². The van der Waals surface area contributed by atoms with Crippen LogP contribution in [0.4, 0.5) is 0 Å². The van der Waals surface area contributed by atoms with Gasteiger partial charge < -0.3 is 4.42 Å². The molecule has 10 rings (SSSR count). The number of furan rings is 1. The van der Waals surface area contributed by atoms with Crippen molar-refractivity contribution >= 4 is 53.4 Å². The Balaban J connectivity index is 1.20. The van der Waals surface area contributed by atoms with Crippen LogP contribution in [0.1, 0.15) is 15.1 Å². The van der Waals surface area contributed by atoms with Gasteiger partial charge in [-0.15, -0.1) is 11.3 Å². The summed E-state index contributed by atoms with van der Waals surface area (Å²) in [6.07, 6.45) is 0. The topological polar surface area (TPSA) is 51.8 Å². The third kappa shape index (κ3) is 4.87. The lowest BCUT2D eigenvalue weighted by Gasteiger charge is -2.10. The van der Waals surface area contributed by atoms with Crippen LogP contribution in [0.25, 0.3) is 98.5 Å². The van der Waals surface area contributed by atoms with Crippen molar-refractivity contribution in [3.63, 3.8) is 0 Å². The van der Waals surface area contributed by atoms with E-state index in [1.807, 2.05) is 91.0 Å². The number of para-hydroxylation sites is 1. The molecule has 0 aliphatic carbocycles. The van der Waals surface area contributed by atoms with Gasteiger partial charge in [-0.1, -0.05) is 139 Å². The van der Waals surface area contributed by atoms with Crippen LogP contribution >= 0.6 is 11.3 Å². The van der Waals surface area contributed by atoms with Gasteiger partial charge in [-0.25, -0.2) is 15.0 Å². The Hall–Kier alpha value is -6.43. The Kier molecular flexibility index (Phi) is 4.54. The minimum atomic E-state index is -0.595. The molecule has 0 saturated carbocycles. The maximum Gasteiger partial charge on any atom is 0.164 e. The van der Waals surface area contributed by atoms with Gasteiger partial charge in [0.05, 0.1) is 15.1 Å². The smallest absolute Gasteiger partial charge is 0.164 e. The number of hydrogen-bond acceptors (Lipinski definition) is 5. The summed E-state index contributed by atoms with van der Waals surface area (Å²) in [4.78, 5) is 14.3. The van der Waals surface area contributed by atoms with Crippen LogP contribution < -0.4 is 0 Å². The van der Waals surface area contributed by atoms with E-state index in [4.69, 9.17) is 29.0 Å². The maximum absolute atomic E-state index is 9.35. The van der Waals surface area contributed by atoms with Gasteiger partial charge in [0.15, 0.2) is 17.5 Å². The standard InChI is InChI=1S/C45H27N3OS/c1-2-9-28(10-3-1)29-17-21-31(22-18-29)43-46-44(48-45(47-43)33-25-26-36-35-11-4-6-15-39(35)49-40(36)27-33)32-23-19-30(20-24-32)34-13-8-14-38-37-12-5-7-16-41(37)50-42(34)38/h1-27H/i5D,7D,8D,12D,13D,14D,16D,19D,20D,23D,24D. The van der Waals surface area contributed by atoms with E-state index in [0.717, 1.165) is 33.2 Å². The second-order valence-electron chi connectivity index (χ2n) is 11.6. The van der Waals surface area contributed by atoms with Crippen LogP contribution in [0.15, 0.2) is 168 Å². The van der Waals surface area contributed by atoms with Gasteiger partial charge in [0.2, 0.25) is 0 Å². The molecule has 0 unspecified atom stereocenters. The van der Waals surface area contributed by atoms with Crippen LogP contribution in [0, 0.1) is 0 Å². The minimum absolute atomic E-state index is 0.0134. The molecule has 0 amide bonds. The molecule has 0 saturated heterocycles. The highest BCUT2D eigenvalue weighted by molar-refractivity contribution is 7.26. The zero-order valence-electron chi connectivity index (χ0n) is 36.9. The molecule has 4 nitrogen and oxygen atoms in total. The fourth-order valence-electron chi connectivity index (χ4n) is 6.11. The summed E-state index contributed by atoms with van der Waals surface area (Å²) in [7, 11) is 0. The number of thiophene rings is 1. The first-order valence-corrected chi connectivity index (χ1v) is 16.5. The largest absolute Gasteiger partial charge is 0.456 e. The number of nitrogens with zero attached hydrogens (tertiary/aromatic N) is 3. The van der Waals surface area contributed by atoms with E-state index in [1.54, 1.807) is 6.07 Å². The molecule has 5 heteroatoms. The summed E-state index contributed by atoms with van der Waals surface area (Å²) in [6, 6.07) is 25.0. The summed E-state index contributed by atoms with van der Waals surface area (Å²) in [6.45, 7) is 0. The highest BCUT2D eigenvalue weighted by atomic mass is 32.1. The third-order valence-corrected chi connectivity index (χ3v) is 9.68. The molecule has 50 heavy (non-hydrogen) atoms. The molecule has 0 spiro atoms. The van der Waals surface area contributed by atoms with Gasteiger partial charge in [-0.3, -0.25) is 0 Å².